The van der Waals surface area contributed by atoms with Crippen LogP contribution < -0.4 is 15.0 Å². The van der Waals surface area contributed by atoms with E-state index in [2.05, 4.69) is 10.3 Å². The number of anilines is 2. The first-order valence-electron chi connectivity index (χ1n) is 12.1. The Morgan fingerprint density at radius 2 is 1.62 bits per heavy atom. The molecule has 2 heterocycles. The Kier molecular flexibility index (Phi) is 7.18. The molecule has 0 atom stereocenters. The van der Waals surface area contributed by atoms with Gasteiger partial charge < -0.3 is 15.0 Å². The number of rotatable bonds is 7. The Morgan fingerprint density at radius 1 is 0.897 bits per heavy atom. The fourth-order valence-corrected chi connectivity index (χ4v) is 4.12. The van der Waals surface area contributed by atoms with Crippen molar-refractivity contribution in [3.8, 4) is 11.6 Å². The molecule has 0 saturated carbocycles. The van der Waals surface area contributed by atoms with Crippen LogP contribution in [0.5, 0.6) is 11.6 Å². The van der Waals surface area contributed by atoms with Crippen molar-refractivity contribution in [1.29, 1.82) is 0 Å². The molecule has 1 aliphatic heterocycles. The molecule has 0 unspecified atom stereocenters. The molecule has 10 heteroatoms. The van der Waals surface area contributed by atoms with Crippen LogP contribution in [0, 0.1) is 0 Å². The van der Waals surface area contributed by atoms with Crippen molar-refractivity contribution in [2.45, 2.75) is 12.7 Å². The van der Waals surface area contributed by atoms with Crippen LogP contribution in [0.15, 0.2) is 97.2 Å². The molecule has 1 fully saturated rings. The summed E-state index contributed by atoms with van der Waals surface area (Å²) in [7, 11) is 0. The summed E-state index contributed by atoms with van der Waals surface area (Å²) in [5.74, 6) is 0.232. The van der Waals surface area contributed by atoms with E-state index in [0.29, 0.717) is 31.1 Å². The minimum absolute atomic E-state index is 0.0527. The maximum atomic E-state index is 12.9. The zero-order chi connectivity index (χ0) is 27.4. The number of alkyl halides is 3. The molecule has 39 heavy (non-hydrogen) atoms. The van der Waals surface area contributed by atoms with Crippen molar-refractivity contribution in [2.24, 2.45) is 0 Å². The minimum Gasteiger partial charge on any atom is -0.439 e. The van der Waals surface area contributed by atoms with Crippen molar-refractivity contribution in [3.63, 3.8) is 0 Å². The smallest absolute Gasteiger partial charge is 0.416 e. The number of hydrogen-bond acceptors (Lipinski definition) is 4. The fraction of sp³-hybridized carbons (Fsp3) is 0.138. The highest BCUT2D eigenvalue weighted by Gasteiger charge is 2.30. The number of amides is 3. The van der Waals surface area contributed by atoms with Crippen LogP contribution in [0.1, 0.15) is 21.5 Å². The van der Waals surface area contributed by atoms with Crippen LogP contribution in [0.3, 0.4) is 0 Å². The number of urea groups is 1. The van der Waals surface area contributed by atoms with Crippen LogP contribution in [0.2, 0.25) is 0 Å². The molecule has 0 spiro atoms. The molecule has 3 aromatic carbocycles. The number of halogens is 3. The lowest BCUT2D eigenvalue weighted by Crippen LogP contribution is -2.31. The summed E-state index contributed by atoms with van der Waals surface area (Å²) >= 11 is 0. The Hall–Kier alpha value is -4.86. The van der Waals surface area contributed by atoms with Crippen LogP contribution in [0.25, 0.3) is 0 Å². The quantitative estimate of drug-likeness (QED) is 0.292. The Bertz CT molecular complexity index is 1440. The Balaban J connectivity index is 1.15. The number of carbonyl (C=O) groups excluding carboxylic acids is 2. The molecule has 3 amide bonds. The van der Waals surface area contributed by atoms with Gasteiger partial charge >= 0.3 is 12.2 Å². The summed E-state index contributed by atoms with van der Waals surface area (Å²) in [6, 6.07) is 23.9. The predicted molar refractivity (Wildman–Crippen MR) is 140 cm³/mol. The number of carbonyl (C=O) groups is 2. The van der Waals surface area contributed by atoms with Crippen LogP contribution >= 0.6 is 0 Å². The molecule has 0 aliphatic carbocycles. The first kappa shape index (κ1) is 25.8. The second-order valence-corrected chi connectivity index (χ2v) is 8.85. The summed E-state index contributed by atoms with van der Waals surface area (Å²) in [5, 5.41) is 2.59. The maximum absolute atomic E-state index is 12.9. The van der Waals surface area contributed by atoms with E-state index in [9.17, 15) is 22.8 Å². The van der Waals surface area contributed by atoms with Gasteiger partial charge in [-0.2, -0.15) is 13.2 Å². The van der Waals surface area contributed by atoms with Crippen LogP contribution in [-0.4, -0.2) is 34.9 Å². The third kappa shape index (κ3) is 6.18. The van der Waals surface area contributed by atoms with Crippen LogP contribution in [-0.2, 0) is 12.7 Å². The van der Waals surface area contributed by atoms with E-state index in [1.807, 2.05) is 35.2 Å². The minimum atomic E-state index is -4.47. The van der Waals surface area contributed by atoms with E-state index in [4.69, 9.17) is 4.74 Å². The van der Waals surface area contributed by atoms with Crippen molar-refractivity contribution in [1.82, 2.24) is 9.88 Å². The number of nitrogens with zero attached hydrogens (tertiary/aromatic N) is 3. The zero-order valence-corrected chi connectivity index (χ0v) is 20.6. The van der Waals surface area contributed by atoms with E-state index in [0.717, 1.165) is 35.5 Å². The molecule has 0 bridgehead atoms. The van der Waals surface area contributed by atoms with E-state index >= 15 is 0 Å². The van der Waals surface area contributed by atoms with Gasteiger partial charge in [0.1, 0.15) is 5.75 Å². The van der Waals surface area contributed by atoms with Gasteiger partial charge in [0, 0.05) is 37.0 Å². The number of pyridine rings is 1. The normalized spacial score (nSPS) is 13.5. The van der Waals surface area contributed by atoms with Crippen molar-refractivity contribution in [3.05, 3.63) is 114 Å². The molecular formula is C29H23F3N4O3. The maximum Gasteiger partial charge on any atom is 0.416 e. The van der Waals surface area contributed by atoms with E-state index < -0.39 is 17.6 Å². The second kappa shape index (κ2) is 10.9. The van der Waals surface area contributed by atoms with Crippen molar-refractivity contribution >= 4 is 23.3 Å². The molecule has 198 valence electrons. The van der Waals surface area contributed by atoms with Gasteiger partial charge in [-0.1, -0.05) is 30.3 Å². The lowest BCUT2D eigenvalue weighted by molar-refractivity contribution is -0.137. The zero-order valence-electron chi connectivity index (χ0n) is 20.6. The van der Waals surface area contributed by atoms with Gasteiger partial charge in [0.2, 0.25) is 5.88 Å². The highest BCUT2D eigenvalue weighted by Crippen LogP contribution is 2.30. The number of aromatic nitrogens is 1. The molecule has 1 saturated heterocycles. The van der Waals surface area contributed by atoms with Gasteiger partial charge in [0.25, 0.3) is 5.91 Å². The first-order valence-corrected chi connectivity index (χ1v) is 12.1. The topological polar surface area (TPSA) is 74.8 Å². The number of nitrogens with one attached hydrogen (secondary N) is 1. The predicted octanol–water partition coefficient (Wildman–Crippen LogP) is 6.59. The number of ether oxygens (including phenoxy) is 1. The van der Waals surface area contributed by atoms with Crippen molar-refractivity contribution in [2.75, 3.05) is 23.3 Å². The third-order valence-corrected chi connectivity index (χ3v) is 6.15. The average molecular weight is 533 g/mol. The molecule has 1 aromatic heterocycles. The Labute approximate surface area is 222 Å². The van der Waals surface area contributed by atoms with Crippen LogP contribution in [0.4, 0.5) is 29.3 Å². The molecule has 5 rings (SSSR count). The van der Waals surface area contributed by atoms with Gasteiger partial charge in [-0.15, -0.1) is 0 Å². The fourth-order valence-electron chi connectivity index (χ4n) is 4.12. The number of benzene rings is 3. The summed E-state index contributed by atoms with van der Waals surface area (Å²) in [5.41, 5.74) is 1.46. The summed E-state index contributed by atoms with van der Waals surface area (Å²) in [6.07, 6.45) is -3.08. The highest BCUT2D eigenvalue weighted by atomic mass is 19.4. The van der Waals surface area contributed by atoms with Crippen molar-refractivity contribution < 1.29 is 27.5 Å². The standard InChI is InChI=1S/C29H23F3N4O3/c30-29(31,32)22-8-6-21(7-9-22)27(37)34-23-10-15-26(33-18-23)39-25-13-11-24(12-14-25)36-17-16-35(28(36)38)19-20-4-2-1-3-5-20/h1-15,18H,16-17,19H2,(H,34,37). The van der Waals surface area contributed by atoms with Gasteiger partial charge in [-0.05, 0) is 60.2 Å². The van der Waals surface area contributed by atoms with E-state index in [1.165, 1.54) is 6.20 Å². The molecule has 1 N–H and O–H groups in total. The monoisotopic (exact) mass is 532 g/mol. The van der Waals surface area contributed by atoms with Gasteiger partial charge in [-0.3, -0.25) is 9.69 Å². The molecular weight excluding hydrogens is 509 g/mol. The average Bonchev–Trinajstić information content (AvgIpc) is 3.30. The molecule has 1 aliphatic rings. The molecule has 0 radical (unpaired) electrons. The largest absolute Gasteiger partial charge is 0.439 e. The molecule has 4 aromatic rings. The van der Waals surface area contributed by atoms with Gasteiger partial charge in [0.05, 0.1) is 17.4 Å². The van der Waals surface area contributed by atoms with Gasteiger partial charge in [0.15, 0.2) is 0 Å². The van der Waals surface area contributed by atoms with E-state index in [-0.39, 0.29) is 17.5 Å². The third-order valence-electron chi connectivity index (χ3n) is 6.15. The lowest BCUT2D eigenvalue weighted by atomic mass is 10.1. The Morgan fingerprint density at radius 3 is 2.26 bits per heavy atom. The van der Waals surface area contributed by atoms with E-state index in [1.54, 1.807) is 41.3 Å². The summed E-state index contributed by atoms with van der Waals surface area (Å²) in [4.78, 5) is 32.9. The highest BCUT2D eigenvalue weighted by molar-refractivity contribution is 6.04. The lowest BCUT2D eigenvalue weighted by Gasteiger charge is -2.19. The summed E-state index contributed by atoms with van der Waals surface area (Å²) in [6.45, 7) is 1.79. The SMILES string of the molecule is O=C(Nc1ccc(Oc2ccc(N3CCN(Cc4ccccc4)C3=O)cc2)nc1)c1ccc(C(F)(F)F)cc1. The molecule has 7 nitrogen and oxygen atoms in total. The second-order valence-electron chi connectivity index (χ2n) is 8.85. The number of hydrogen-bond donors (Lipinski definition) is 1. The van der Waals surface area contributed by atoms with Gasteiger partial charge in [-0.25, -0.2) is 9.78 Å². The first-order chi connectivity index (χ1) is 18.8. The summed E-state index contributed by atoms with van der Waals surface area (Å²) < 4.78 is 43.9.